The highest BCUT2D eigenvalue weighted by atomic mass is 19.4. The zero-order valence-electron chi connectivity index (χ0n) is 10.8. The molecule has 19 heavy (non-hydrogen) atoms. The van der Waals surface area contributed by atoms with Gasteiger partial charge in [-0.05, 0) is 32.4 Å². The third kappa shape index (κ3) is 4.55. The number of benzene rings is 1. The molecule has 0 radical (unpaired) electrons. The van der Waals surface area contributed by atoms with Crippen LogP contribution in [0.15, 0.2) is 24.3 Å². The summed E-state index contributed by atoms with van der Waals surface area (Å²) in [7, 11) is 0. The minimum absolute atomic E-state index is 0.131. The molecule has 0 saturated heterocycles. The van der Waals surface area contributed by atoms with E-state index in [0.29, 0.717) is 6.42 Å². The van der Waals surface area contributed by atoms with Crippen molar-refractivity contribution in [1.82, 2.24) is 5.32 Å². The highest BCUT2D eigenvalue weighted by Crippen LogP contribution is 2.31. The lowest BCUT2D eigenvalue weighted by molar-refractivity contribution is -0.137. The van der Waals surface area contributed by atoms with Crippen LogP contribution in [0, 0.1) is 0 Å². The maximum absolute atomic E-state index is 12.8. The van der Waals surface area contributed by atoms with Gasteiger partial charge in [0.05, 0.1) is 11.1 Å². The van der Waals surface area contributed by atoms with Crippen LogP contribution in [-0.4, -0.2) is 18.0 Å². The van der Waals surface area contributed by atoms with Gasteiger partial charge in [0.2, 0.25) is 0 Å². The van der Waals surface area contributed by atoms with Gasteiger partial charge in [-0.15, -0.1) is 0 Å². The summed E-state index contributed by atoms with van der Waals surface area (Å²) in [5, 5.41) is 2.52. The van der Waals surface area contributed by atoms with Gasteiger partial charge in [-0.2, -0.15) is 13.2 Å². The minimum Gasteiger partial charge on any atom is -0.350 e. The minimum atomic E-state index is -4.54. The van der Waals surface area contributed by atoms with Crippen molar-refractivity contribution in [1.29, 1.82) is 0 Å². The molecular formula is C13H17F3N2O. The van der Waals surface area contributed by atoms with E-state index in [1.807, 2.05) is 0 Å². The highest BCUT2D eigenvalue weighted by Gasteiger charge is 2.34. The first kappa shape index (κ1) is 15.5. The average molecular weight is 274 g/mol. The van der Waals surface area contributed by atoms with Crippen LogP contribution in [0.4, 0.5) is 13.2 Å². The second-order valence-corrected chi connectivity index (χ2v) is 4.63. The van der Waals surface area contributed by atoms with E-state index >= 15 is 0 Å². The van der Waals surface area contributed by atoms with Gasteiger partial charge in [0.25, 0.3) is 5.91 Å². The van der Waals surface area contributed by atoms with Crippen LogP contribution >= 0.6 is 0 Å². The van der Waals surface area contributed by atoms with Gasteiger partial charge < -0.3 is 11.1 Å². The topological polar surface area (TPSA) is 55.1 Å². The smallest absolute Gasteiger partial charge is 0.350 e. The molecule has 0 heterocycles. The zero-order chi connectivity index (χ0) is 14.6. The molecule has 0 aliphatic carbocycles. The summed E-state index contributed by atoms with van der Waals surface area (Å²) in [4.78, 5) is 11.9. The van der Waals surface area contributed by atoms with E-state index in [1.54, 1.807) is 13.8 Å². The van der Waals surface area contributed by atoms with Gasteiger partial charge >= 0.3 is 6.18 Å². The second kappa shape index (κ2) is 6.06. The van der Waals surface area contributed by atoms with Crippen molar-refractivity contribution in [2.24, 2.45) is 5.73 Å². The van der Waals surface area contributed by atoms with E-state index in [0.717, 1.165) is 12.1 Å². The van der Waals surface area contributed by atoms with Gasteiger partial charge in [-0.3, -0.25) is 4.79 Å². The van der Waals surface area contributed by atoms with Crippen molar-refractivity contribution < 1.29 is 18.0 Å². The summed E-state index contributed by atoms with van der Waals surface area (Å²) in [5.41, 5.74) is 4.28. The molecule has 0 fully saturated rings. The van der Waals surface area contributed by atoms with E-state index in [2.05, 4.69) is 5.32 Å². The highest BCUT2D eigenvalue weighted by molar-refractivity contribution is 5.96. The Morgan fingerprint density at radius 1 is 1.32 bits per heavy atom. The molecule has 1 aromatic rings. The first-order valence-corrected chi connectivity index (χ1v) is 5.94. The summed E-state index contributed by atoms with van der Waals surface area (Å²) in [6.45, 7) is 3.48. The van der Waals surface area contributed by atoms with E-state index < -0.39 is 17.6 Å². The van der Waals surface area contributed by atoms with E-state index in [1.165, 1.54) is 12.1 Å². The van der Waals surface area contributed by atoms with Crippen molar-refractivity contribution in [2.45, 2.75) is 38.5 Å². The third-order valence-electron chi connectivity index (χ3n) is 2.58. The fraction of sp³-hybridized carbons (Fsp3) is 0.462. The molecule has 2 unspecified atom stereocenters. The van der Waals surface area contributed by atoms with Crippen LogP contribution in [0.25, 0.3) is 0 Å². The molecule has 0 spiro atoms. The molecule has 3 N–H and O–H groups in total. The maximum atomic E-state index is 12.8. The monoisotopic (exact) mass is 274 g/mol. The normalized spacial score (nSPS) is 14.8. The number of hydrogen-bond donors (Lipinski definition) is 2. The molecular weight excluding hydrogens is 257 g/mol. The Labute approximate surface area is 110 Å². The number of amides is 1. The van der Waals surface area contributed by atoms with Gasteiger partial charge in [-0.25, -0.2) is 0 Å². The molecule has 0 aromatic heterocycles. The van der Waals surface area contributed by atoms with Gasteiger partial charge in [0.1, 0.15) is 0 Å². The van der Waals surface area contributed by atoms with Crippen LogP contribution < -0.4 is 11.1 Å². The van der Waals surface area contributed by atoms with Crippen LogP contribution in [0.1, 0.15) is 36.2 Å². The summed E-state index contributed by atoms with van der Waals surface area (Å²) in [5.74, 6) is -0.735. The molecule has 106 valence electrons. The van der Waals surface area contributed by atoms with Crippen molar-refractivity contribution >= 4 is 5.91 Å². The molecule has 1 rings (SSSR count). The fourth-order valence-electron chi connectivity index (χ4n) is 1.85. The largest absolute Gasteiger partial charge is 0.417 e. The zero-order valence-corrected chi connectivity index (χ0v) is 10.8. The van der Waals surface area contributed by atoms with Crippen LogP contribution in [0.2, 0.25) is 0 Å². The van der Waals surface area contributed by atoms with Crippen molar-refractivity contribution in [3.8, 4) is 0 Å². The number of halogens is 3. The second-order valence-electron chi connectivity index (χ2n) is 4.63. The number of nitrogens with two attached hydrogens (primary N) is 1. The van der Waals surface area contributed by atoms with Crippen LogP contribution in [-0.2, 0) is 6.18 Å². The number of hydrogen-bond acceptors (Lipinski definition) is 2. The van der Waals surface area contributed by atoms with Gasteiger partial charge in [0, 0.05) is 12.1 Å². The third-order valence-corrected chi connectivity index (χ3v) is 2.58. The summed E-state index contributed by atoms with van der Waals surface area (Å²) in [6.07, 6.45) is -4.04. The molecule has 0 bridgehead atoms. The van der Waals surface area contributed by atoms with Crippen molar-refractivity contribution in [3.63, 3.8) is 0 Å². The van der Waals surface area contributed by atoms with Gasteiger partial charge in [0.15, 0.2) is 0 Å². The molecule has 0 aliphatic heterocycles. The molecule has 0 aliphatic rings. The molecule has 1 amide bonds. The SMILES string of the molecule is CC(N)CC(C)NC(=O)c1ccccc1C(F)(F)F. The first-order chi connectivity index (χ1) is 8.71. The van der Waals surface area contributed by atoms with Crippen molar-refractivity contribution in [2.75, 3.05) is 0 Å². The number of carbonyl (C=O) groups is 1. The first-order valence-electron chi connectivity index (χ1n) is 5.94. The summed E-state index contributed by atoms with van der Waals surface area (Å²) in [6, 6.07) is 4.30. The average Bonchev–Trinajstić information content (AvgIpc) is 2.26. The standard InChI is InChI=1S/C13H17F3N2O/c1-8(17)7-9(2)18-12(19)10-5-3-4-6-11(10)13(14,15)16/h3-6,8-9H,7,17H2,1-2H3,(H,18,19). The van der Waals surface area contributed by atoms with Crippen molar-refractivity contribution in [3.05, 3.63) is 35.4 Å². The fourth-order valence-corrected chi connectivity index (χ4v) is 1.85. The number of nitrogens with one attached hydrogen (secondary N) is 1. The lowest BCUT2D eigenvalue weighted by Crippen LogP contribution is -2.37. The maximum Gasteiger partial charge on any atom is 0.417 e. The Bertz CT molecular complexity index is 444. The van der Waals surface area contributed by atoms with E-state index in [-0.39, 0.29) is 17.6 Å². The van der Waals surface area contributed by atoms with Crippen LogP contribution in [0.5, 0.6) is 0 Å². The number of alkyl halides is 3. The summed E-state index contributed by atoms with van der Waals surface area (Å²) < 4.78 is 38.3. The Morgan fingerprint density at radius 3 is 2.42 bits per heavy atom. The molecule has 3 nitrogen and oxygen atoms in total. The van der Waals surface area contributed by atoms with Crippen LogP contribution in [0.3, 0.4) is 0 Å². The van der Waals surface area contributed by atoms with E-state index in [4.69, 9.17) is 5.73 Å². The Balaban J connectivity index is 2.89. The number of rotatable bonds is 4. The van der Waals surface area contributed by atoms with Gasteiger partial charge in [-0.1, -0.05) is 12.1 Å². The molecule has 0 saturated carbocycles. The lowest BCUT2D eigenvalue weighted by atomic mass is 10.1. The Kier molecular flexibility index (Phi) is 4.94. The lowest BCUT2D eigenvalue weighted by Gasteiger charge is -2.18. The molecule has 2 atom stereocenters. The predicted molar refractivity (Wildman–Crippen MR) is 66.6 cm³/mol. The molecule has 6 heteroatoms. The van der Waals surface area contributed by atoms with E-state index in [9.17, 15) is 18.0 Å². The Hall–Kier alpha value is -1.56. The number of carbonyl (C=O) groups excluding carboxylic acids is 1. The quantitative estimate of drug-likeness (QED) is 0.886. The predicted octanol–water partition coefficient (Wildman–Crippen LogP) is 2.56. The molecule has 1 aromatic carbocycles. The summed E-state index contributed by atoms with van der Waals surface area (Å²) >= 11 is 0. The Morgan fingerprint density at radius 2 is 1.89 bits per heavy atom.